The molecular formula is C14H14N2O4S. The van der Waals surface area contributed by atoms with E-state index in [1.54, 1.807) is 18.2 Å². The van der Waals surface area contributed by atoms with Crippen LogP contribution in [0.4, 0.5) is 11.4 Å². The van der Waals surface area contributed by atoms with Gasteiger partial charge in [0.05, 0.1) is 28.6 Å². The van der Waals surface area contributed by atoms with E-state index in [9.17, 15) is 14.3 Å². The maximum absolute atomic E-state index is 12.3. The number of nitrogen functional groups attached to an aromatic ring is 1. The fourth-order valence-electron chi connectivity index (χ4n) is 1.84. The summed E-state index contributed by atoms with van der Waals surface area (Å²) in [5.74, 6) is 0.866. The van der Waals surface area contributed by atoms with Crippen molar-refractivity contribution in [2.24, 2.45) is 0 Å². The van der Waals surface area contributed by atoms with Crippen LogP contribution in [-0.4, -0.2) is 16.2 Å². The molecule has 0 fully saturated rings. The third-order valence-electron chi connectivity index (χ3n) is 2.83. The zero-order chi connectivity index (χ0) is 15.4. The summed E-state index contributed by atoms with van der Waals surface area (Å²) in [4.78, 5) is 10.6. The number of nitro groups is 1. The quantitative estimate of drug-likeness (QED) is 0.520. The lowest BCUT2D eigenvalue weighted by molar-refractivity contribution is -0.384. The molecule has 0 aliphatic carbocycles. The Hall–Kier alpha value is -2.41. The monoisotopic (exact) mass is 306 g/mol. The van der Waals surface area contributed by atoms with Crippen molar-refractivity contribution in [3.63, 3.8) is 0 Å². The summed E-state index contributed by atoms with van der Waals surface area (Å²) in [7, 11) is 0.225. The second-order valence-corrected chi connectivity index (χ2v) is 5.81. The molecule has 0 aliphatic rings. The summed E-state index contributed by atoms with van der Waals surface area (Å²) in [5.41, 5.74) is 7.04. The molecule has 0 saturated heterocycles. The zero-order valence-corrected chi connectivity index (χ0v) is 12.1. The Morgan fingerprint density at radius 3 is 2.48 bits per heavy atom. The van der Waals surface area contributed by atoms with Crippen molar-refractivity contribution in [3.8, 4) is 5.75 Å². The number of hydrogen-bond donors (Lipinski definition) is 1. The molecule has 0 saturated carbocycles. The van der Waals surface area contributed by atoms with Crippen LogP contribution in [0.3, 0.4) is 0 Å². The lowest BCUT2D eigenvalue weighted by Gasteiger charge is -2.07. The number of anilines is 1. The molecule has 2 N–H and O–H groups in total. The van der Waals surface area contributed by atoms with Gasteiger partial charge in [-0.1, -0.05) is 0 Å². The van der Waals surface area contributed by atoms with Gasteiger partial charge in [-0.3, -0.25) is 14.3 Å². The van der Waals surface area contributed by atoms with Crippen LogP contribution in [0.25, 0.3) is 0 Å². The number of rotatable bonds is 5. The summed E-state index contributed by atoms with van der Waals surface area (Å²) < 4.78 is 17.4. The number of nitrogens with zero attached hydrogens (tertiary/aromatic N) is 1. The Labute approximate surface area is 124 Å². The Morgan fingerprint density at radius 2 is 1.90 bits per heavy atom. The Bertz CT molecular complexity index is 686. The largest absolute Gasteiger partial charge is 0.497 e. The van der Waals surface area contributed by atoms with Crippen LogP contribution in [-0.2, 0) is 16.6 Å². The fourth-order valence-corrected chi connectivity index (χ4v) is 2.92. The van der Waals surface area contributed by atoms with E-state index in [0.717, 1.165) is 5.56 Å². The highest BCUT2D eigenvalue weighted by Crippen LogP contribution is 2.22. The highest BCUT2D eigenvalue weighted by molar-refractivity contribution is 7.84. The van der Waals surface area contributed by atoms with Gasteiger partial charge in [-0.25, -0.2) is 0 Å². The normalized spacial score (nSPS) is 11.9. The minimum Gasteiger partial charge on any atom is -0.497 e. The van der Waals surface area contributed by atoms with Gasteiger partial charge in [0.15, 0.2) is 0 Å². The van der Waals surface area contributed by atoms with Gasteiger partial charge in [-0.2, -0.15) is 0 Å². The summed E-state index contributed by atoms with van der Waals surface area (Å²) in [6.45, 7) is 0. The average Bonchev–Trinajstić information content (AvgIpc) is 2.46. The molecule has 0 spiro atoms. The molecule has 1 unspecified atom stereocenters. The summed E-state index contributed by atoms with van der Waals surface area (Å²) in [5, 5.41) is 10.6. The maximum atomic E-state index is 12.3. The Morgan fingerprint density at radius 1 is 1.24 bits per heavy atom. The molecule has 110 valence electrons. The maximum Gasteiger partial charge on any atom is 0.269 e. The van der Waals surface area contributed by atoms with Crippen molar-refractivity contribution in [1.82, 2.24) is 0 Å². The van der Waals surface area contributed by atoms with E-state index < -0.39 is 15.7 Å². The van der Waals surface area contributed by atoms with Gasteiger partial charge >= 0.3 is 0 Å². The lowest BCUT2D eigenvalue weighted by atomic mass is 10.2. The molecule has 6 nitrogen and oxygen atoms in total. The second-order valence-electron chi connectivity index (χ2n) is 4.36. The zero-order valence-electron chi connectivity index (χ0n) is 11.3. The van der Waals surface area contributed by atoms with Gasteiger partial charge in [-0.05, 0) is 29.8 Å². The SMILES string of the molecule is COc1cc(N)cc(CS(=O)c2ccc([N+](=O)[O-])cc2)c1. The van der Waals surface area contributed by atoms with Crippen LogP contribution < -0.4 is 10.5 Å². The fraction of sp³-hybridized carbons (Fsp3) is 0.143. The van der Waals surface area contributed by atoms with E-state index >= 15 is 0 Å². The van der Waals surface area contributed by atoms with Crippen LogP contribution in [0.2, 0.25) is 0 Å². The highest BCUT2D eigenvalue weighted by atomic mass is 32.2. The van der Waals surface area contributed by atoms with Gasteiger partial charge in [0.1, 0.15) is 5.75 Å². The third-order valence-corrected chi connectivity index (χ3v) is 4.23. The van der Waals surface area contributed by atoms with Gasteiger partial charge in [-0.15, -0.1) is 0 Å². The molecule has 0 radical (unpaired) electrons. The minimum atomic E-state index is -1.31. The molecule has 0 aliphatic heterocycles. The molecule has 7 heteroatoms. The van der Waals surface area contributed by atoms with E-state index in [1.165, 1.54) is 31.4 Å². The van der Waals surface area contributed by atoms with E-state index in [1.807, 2.05) is 0 Å². The Balaban J connectivity index is 2.17. The number of hydrogen-bond acceptors (Lipinski definition) is 5. The smallest absolute Gasteiger partial charge is 0.269 e. The highest BCUT2D eigenvalue weighted by Gasteiger charge is 2.10. The van der Waals surface area contributed by atoms with Crippen LogP contribution >= 0.6 is 0 Å². The lowest BCUT2D eigenvalue weighted by Crippen LogP contribution is -1.99. The molecule has 2 aromatic rings. The third kappa shape index (κ3) is 3.79. The molecule has 0 heterocycles. The molecule has 2 aromatic carbocycles. The predicted molar refractivity (Wildman–Crippen MR) is 80.6 cm³/mol. The summed E-state index contributed by atoms with van der Waals surface area (Å²) in [6.07, 6.45) is 0. The number of ether oxygens (including phenoxy) is 1. The first kappa shape index (κ1) is 15.0. The van der Waals surface area contributed by atoms with E-state index in [2.05, 4.69) is 0 Å². The van der Waals surface area contributed by atoms with Crippen LogP contribution in [0.5, 0.6) is 5.75 Å². The van der Waals surface area contributed by atoms with Crippen molar-refractivity contribution in [1.29, 1.82) is 0 Å². The second kappa shape index (κ2) is 6.36. The first-order chi connectivity index (χ1) is 9.99. The molecule has 21 heavy (non-hydrogen) atoms. The van der Waals surface area contributed by atoms with Crippen LogP contribution in [0.1, 0.15) is 5.56 Å². The van der Waals surface area contributed by atoms with Gasteiger partial charge in [0, 0.05) is 28.8 Å². The van der Waals surface area contributed by atoms with E-state index in [0.29, 0.717) is 16.3 Å². The predicted octanol–water partition coefficient (Wildman–Crippen LogP) is 2.49. The standard InChI is InChI=1S/C14H14N2O4S/c1-20-13-7-10(6-11(15)8-13)9-21(19)14-4-2-12(3-5-14)16(17)18/h2-8H,9,15H2,1H3. The topological polar surface area (TPSA) is 95.5 Å². The molecule has 2 rings (SSSR count). The molecule has 1 atom stereocenters. The first-order valence-electron chi connectivity index (χ1n) is 6.06. The van der Waals surface area contributed by atoms with Crippen LogP contribution in [0.15, 0.2) is 47.4 Å². The average molecular weight is 306 g/mol. The molecule has 0 amide bonds. The van der Waals surface area contributed by atoms with Crippen molar-refractivity contribution in [2.45, 2.75) is 10.6 Å². The molecular weight excluding hydrogens is 292 g/mol. The van der Waals surface area contributed by atoms with Gasteiger partial charge < -0.3 is 10.5 Å². The number of nitro benzene ring substituents is 1. The van der Waals surface area contributed by atoms with Crippen molar-refractivity contribution in [3.05, 3.63) is 58.1 Å². The molecule has 0 bridgehead atoms. The minimum absolute atomic E-state index is 0.0265. The van der Waals surface area contributed by atoms with Gasteiger partial charge in [0.2, 0.25) is 0 Å². The van der Waals surface area contributed by atoms with Gasteiger partial charge in [0.25, 0.3) is 5.69 Å². The number of non-ortho nitro benzene ring substituents is 1. The summed E-state index contributed by atoms with van der Waals surface area (Å²) >= 11 is 0. The molecule has 0 aromatic heterocycles. The van der Waals surface area contributed by atoms with E-state index in [-0.39, 0.29) is 11.4 Å². The van der Waals surface area contributed by atoms with Crippen LogP contribution in [0, 0.1) is 10.1 Å². The first-order valence-corrected chi connectivity index (χ1v) is 7.38. The summed E-state index contributed by atoms with van der Waals surface area (Å²) in [6, 6.07) is 10.8. The number of methoxy groups -OCH3 is 1. The van der Waals surface area contributed by atoms with Crippen molar-refractivity contribution in [2.75, 3.05) is 12.8 Å². The number of nitrogens with two attached hydrogens (primary N) is 1. The van der Waals surface area contributed by atoms with Crippen molar-refractivity contribution >= 4 is 22.2 Å². The Kier molecular flexibility index (Phi) is 4.54. The number of benzene rings is 2. The van der Waals surface area contributed by atoms with Crippen molar-refractivity contribution < 1.29 is 13.9 Å². The van der Waals surface area contributed by atoms with E-state index in [4.69, 9.17) is 10.5 Å².